The summed E-state index contributed by atoms with van der Waals surface area (Å²) >= 11 is 12.2. The highest BCUT2D eigenvalue weighted by Gasteiger charge is 2.68. The standard InChI is InChI=1S/C15H19Cl2NO/c1-2-19-10-14-8-15(14,5-6-18-9-14)11-3-4-12(16)13(17)7-11/h3-4,7,18H,2,5-6,8-10H2,1H3/t14-,15-/m1/s1. The number of rotatable bonds is 4. The third-order valence-corrected chi connectivity index (χ3v) is 5.52. The van der Waals surface area contributed by atoms with E-state index < -0.39 is 0 Å². The molecule has 0 bridgehead atoms. The van der Waals surface area contributed by atoms with E-state index in [4.69, 9.17) is 27.9 Å². The highest BCUT2D eigenvalue weighted by atomic mass is 35.5. The zero-order valence-corrected chi connectivity index (χ0v) is 12.7. The van der Waals surface area contributed by atoms with Crippen LogP contribution in [-0.2, 0) is 10.2 Å². The van der Waals surface area contributed by atoms with Crippen molar-refractivity contribution >= 4 is 23.2 Å². The molecule has 1 heterocycles. The number of benzene rings is 1. The Morgan fingerprint density at radius 3 is 2.89 bits per heavy atom. The average Bonchev–Trinajstić information content (AvgIpc) is 3.10. The van der Waals surface area contributed by atoms with Gasteiger partial charge in [-0.1, -0.05) is 29.3 Å². The first-order chi connectivity index (χ1) is 9.13. The van der Waals surface area contributed by atoms with Crippen LogP contribution in [0.2, 0.25) is 10.0 Å². The second kappa shape index (κ2) is 4.92. The number of fused-ring (bicyclic) bond motifs is 1. The lowest BCUT2D eigenvalue weighted by molar-refractivity contribution is 0.0817. The monoisotopic (exact) mass is 299 g/mol. The van der Waals surface area contributed by atoms with Crippen LogP contribution >= 0.6 is 23.2 Å². The Morgan fingerprint density at radius 1 is 1.32 bits per heavy atom. The summed E-state index contributed by atoms with van der Waals surface area (Å²) in [6.45, 7) is 5.76. The summed E-state index contributed by atoms with van der Waals surface area (Å²) in [7, 11) is 0. The largest absolute Gasteiger partial charge is 0.381 e. The molecule has 0 radical (unpaired) electrons. The zero-order valence-electron chi connectivity index (χ0n) is 11.1. The van der Waals surface area contributed by atoms with Gasteiger partial charge in [0.05, 0.1) is 16.7 Å². The van der Waals surface area contributed by atoms with E-state index in [1.807, 2.05) is 12.1 Å². The number of hydrogen-bond donors (Lipinski definition) is 1. The highest BCUT2D eigenvalue weighted by Crippen LogP contribution is 2.67. The van der Waals surface area contributed by atoms with E-state index in [9.17, 15) is 0 Å². The summed E-state index contributed by atoms with van der Waals surface area (Å²) in [6.07, 6.45) is 2.34. The molecule has 1 saturated heterocycles. The Morgan fingerprint density at radius 2 is 2.16 bits per heavy atom. The first kappa shape index (κ1) is 13.7. The molecule has 0 aromatic heterocycles. The molecule has 0 unspecified atom stereocenters. The molecule has 104 valence electrons. The fourth-order valence-corrected chi connectivity index (χ4v) is 3.93. The average molecular weight is 300 g/mol. The molecule has 4 heteroatoms. The van der Waals surface area contributed by atoms with Crippen molar-refractivity contribution < 1.29 is 4.74 Å². The fourth-order valence-electron chi connectivity index (χ4n) is 3.63. The first-order valence-electron chi connectivity index (χ1n) is 6.88. The van der Waals surface area contributed by atoms with Gasteiger partial charge in [-0.05, 0) is 44.0 Å². The zero-order chi connectivity index (χ0) is 13.5. The van der Waals surface area contributed by atoms with Crippen LogP contribution in [-0.4, -0.2) is 26.3 Å². The molecule has 2 fully saturated rings. The van der Waals surface area contributed by atoms with Gasteiger partial charge in [-0.25, -0.2) is 0 Å². The van der Waals surface area contributed by atoms with E-state index in [0.717, 1.165) is 32.7 Å². The van der Waals surface area contributed by atoms with E-state index in [1.165, 1.54) is 12.0 Å². The van der Waals surface area contributed by atoms with Gasteiger partial charge < -0.3 is 10.1 Å². The SMILES string of the molecule is CCOC[C@@]12CNCC[C@]1(c1ccc(Cl)c(Cl)c1)C2. The molecule has 0 amide bonds. The Bertz CT molecular complexity index is 493. The summed E-state index contributed by atoms with van der Waals surface area (Å²) in [4.78, 5) is 0. The molecule has 1 aromatic carbocycles. The number of piperidine rings is 1. The molecule has 0 spiro atoms. The minimum atomic E-state index is 0.238. The molecule has 2 atom stereocenters. The Kier molecular flexibility index (Phi) is 3.55. The van der Waals surface area contributed by atoms with Gasteiger partial charge in [-0.2, -0.15) is 0 Å². The minimum absolute atomic E-state index is 0.238. The number of ether oxygens (including phenoxy) is 1. The molecule has 2 nitrogen and oxygen atoms in total. The second-order valence-corrected chi connectivity index (χ2v) is 6.55. The van der Waals surface area contributed by atoms with Crippen LogP contribution in [0, 0.1) is 5.41 Å². The molecule has 19 heavy (non-hydrogen) atoms. The normalized spacial score (nSPS) is 33.0. The van der Waals surface area contributed by atoms with Crippen molar-refractivity contribution in [1.29, 1.82) is 0 Å². The van der Waals surface area contributed by atoms with Crippen LogP contribution in [0.5, 0.6) is 0 Å². The lowest BCUT2D eigenvalue weighted by Crippen LogP contribution is -2.41. The quantitative estimate of drug-likeness (QED) is 0.916. The summed E-state index contributed by atoms with van der Waals surface area (Å²) in [5.41, 5.74) is 1.81. The van der Waals surface area contributed by atoms with Crippen LogP contribution in [0.25, 0.3) is 0 Å². The number of halogens is 2. The van der Waals surface area contributed by atoms with Crippen molar-refractivity contribution in [3.05, 3.63) is 33.8 Å². The van der Waals surface area contributed by atoms with Gasteiger partial charge in [0.15, 0.2) is 0 Å². The Labute approximate surface area is 124 Å². The molecule has 1 saturated carbocycles. The molecular formula is C15H19Cl2NO. The smallest absolute Gasteiger partial charge is 0.0595 e. The van der Waals surface area contributed by atoms with Gasteiger partial charge >= 0.3 is 0 Å². The maximum Gasteiger partial charge on any atom is 0.0595 e. The van der Waals surface area contributed by atoms with Crippen molar-refractivity contribution in [2.24, 2.45) is 5.41 Å². The van der Waals surface area contributed by atoms with Crippen LogP contribution in [0.1, 0.15) is 25.3 Å². The summed E-state index contributed by atoms with van der Waals surface area (Å²) < 4.78 is 5.72. The van der Waals surface area contributed by atoms with Crippen LogP contribution in [0.3, 0.4) is 0 Å². The molecule has 1 N–H and O–H groups in total. The molecular weight excluding hydrogens is 281 g/mol. The fraction of sp³-hybridized carbons (Fsp3) is 0.600. The van der Waals surface area contributed by atoms with Gasteiger partial charge in [0.25, 0.3) is 0 Å². The van der Waals surface area contributed by atoms with Crippen LogP contribution in [0.4, 0.5) is 0 Å². The van der Waals surface area contributed by atoms with Crippen LogP contribution < -0.4 is 5.32 Å². The predicted molar refractivity (Wildman–Crippen MR) is 79.2 cm³/mol. The predicted octanol–water partition coefficient (Wildman–Crippen LogP) is 3.65. The minimum Gasteiger partial charge on any atom is -0.381 e. The molecule has 2 aliphatic rings. The maximum absolute atomic E-state index is 6.18. The third-order valence-electron chi connectivity index (χ3n) is 4.78. The van der Waals surface area contributed by atoms with Crippen molar-refractivity contribution in [2.45, 2.75) is 25.2 Å². The number of hydrogen-bond acceptors (Lipinski definition) is 2. The van der Waals surface area contributed by atoms with E-state index in [0.29, 0.717) is 10.0 Å². The van der Waals surface area contributed by atoms with E-state index in [1.54, 1.807) is 0 Å². The molecule has 1 aromatic rings. The summed E-state index contributed by atoms with van der Waals surface area (Å²) in [5, 5.41) is 4.80. The Balaban J connectivity index is 1.91. The second-order valence-electron chi connectivity index (χ2n) is 5.73. The van der Waals surface area contributed by atoms with Crippen molar-refractivity contribution in [3.8, 4) is 0 Å². The van der Waals surface area contributed by atoms with Gasteiger partial charge in [0.2, 0.25) is 0 Å². The van der Waals surface area contributed by atoms with Gasteiger partial charge in [-0.3, -0.25) is 0 Å². The molecule has 3 rings (SSSR count). The van der Waals surface area contributed by atoms with Crippen molar-refractivity contribution in [1.82, 2.24) is 5.32 Å². The van der Waals surface area contributed by atoms with E-state index in [-0.39, 0.29) is 10.8 Å². The third kappa shape index (κ3) is 2.09. The van der Waals surface area contributed by atoms with Crippen molar-refractivity contribution in [2.75, 3.05) is 26.3 Å². The topological polar surface area (TPSA) is 21.3 Å². The summed E-state index contributed by atoms with van der Waals surface area (Å²) in [5.74, 6) is 0. The van der Waals surface area contributed by atoms with E-state index in [2.05, 4.69) is 18.3 Å². The van der Waals surface area contributed by atoms with Gasteiger partial charge in [0.1, 0.15) is 0 Å². The molecule has 1 aliphatic carbocycles. The van der Waals surface area contributed by atoms with E-state index >= 15 is 0 Å². The lowest BCUT2D eigenvalue weighted by atomic mass is 9.81. The van der Waals surface area contributed by atoms with Gasteiger partial charge in [0, 0.05) is 24.0 Å². The van der Waals surface area contributed by atoms with Crippen molar-refractivity contribution in [3.63, 3.8) is 0 Å². The molecule has 1 aliphatic heterocycles. The first-order valence-corrected chi connectivity index (χ1v) is 7.63. The number of nitrogens with one attached hydrogen (secondary N) is 1. The lowest BCUT2D eigenvalue weighted by Gasteiger charge is -2.31. The Hall–Kier alpha value is -0.280. The van der Waals surface area contributed by atoms with Crippen LogP contribution in [0.15, 0.2) is 18.2 Å². The highest BCUT2D eigenvalue weighted by molar-refractivity contribution is 6.42. The van der Waals surface area contributed by atoms with Gasteiger partial charge in [-0.15, -0.1) is 0 Å². The maximum atomic E-state index is 6.18. The summed E-state index contributed by atoms with van der Waals surface area (Å²) in [6, 6.07) is 6.09.